The molecule has 1 amide bonds. The highest BCUT2D eigenvalue weighted by Gasteiger charge is 2.19. The van der Waals surface area contributed by atoms with E-state index in [4.69, 9.17) is 4.42 Å². The molecule has 1 unspecified atom stereocenters. The van der Waals surface area contributed by atoms with Gasteiger partial charge in [-0.15, -0.1) is 0 Å². The maximum atomic E-state index is 12.4. The minimum Gasteiger partial charge on any atom is -0.460 e. The second kappa shape index (κ2) is 7.46. The Morgan fingerprint density at radius 2 is 2.13 bits per heavy atom. The van der Waals surface area contributed by atoms with E-state index in [1.165, 1.54) is 0 Å². The Balaban J connectivity index is 2.05. The Hall–Kier alpha value is -2.08. The maximum Gasteiger partial charge on any atom is 0.272 e. The van der Waals surface area contributed by atoms with Crippen LogP contribution in [-0.4, -0.2) is 47.7 Å². The Bertz CT molecular complexity index is 633. The van der Waals surface area contributed by atoms with E-state index in [2.05, 4.69) is 34.3 Å². The third-order valence-corrected chi connectivity index (χ3v) is 3.49. The molecule has 6 heteroatoms. The molecule has 0 radical (unpaired) electrons. The molecule has 2 N–H and O–H groups in total. The molecule has 0 aliphatic carbocycles. The molecule has 2 rings (SSSR count). The van der Waals surface area contributed by atoms with Crippen molar-refractivity contribution in [3.8, 4) is 11.5 Å². The molecule has 0 saturated heterocycles. The number of likely N-dealkylation sites (N-methyl/N-ethyl adjacent to an activating group) is 1. The van der Waals surface area contributed by atoms with Gasteiger partial charge in [-0.2, -0.15) is 5.10 Å². The van der Waals surface area contributed by atoms with E-state index in [1.807, 2.05) is 33.2 Å². The number of nitrogens with one attached hydrogen (secondary N) is 2. The molecule has 0 saturated carbocycles. The summed E-state index contributed by atoms with van der Waals surface area (Å²) >= 11 is 0. The molecule has 2 heterocycles. The average molecular weight is 318 g/mol. The van der Waals surface area contributed by atoms with Crippen LogP contribution in [-0.2, 0) is 0 Å². The van der Waals surface area contributed by atoms with Gasteiger partial charge in [0.1, 0.15) is 11.5 Å². The van der Waals surface area contributed by atoms with Crippen molar-refractivity contribution < 1.29 is 9.21 Å². The van der Waals surface area contributed by atoms with Crippen LogP contribution in [0.3, 0.4) is 0 Å². The molecule has 126 valence electrons. The summed E-state index contributed by atoms with van der Waals surface area (Å²) < 4.78 is 5.54. The molecular weight excluding hydrogens is 292 g/mol. The van der Waals surface area contributed by atoms with Crippen LogP contribution in [0.4, 0.5) is 0 Å². The third-order valence-electron chi connectivity index (χ3n) is 3.49. The van der Waals surface area contributed by atoms with Crippen LogP contribution in [0.1, 0.15) is 36.5 Å². The number of aryl methyl sites for hydroxylation is 1. The first-order valence-electron chi connectivity index (χ1n) is 7.93. The van der Waals surface area contributed by atoms with Gasteiger partial charge in [0.05, 0.1) is 0 Å². The molecule has 0 fully saturated rings. The predicted octanol–water partition coefficient (Wildman–Crippen LogP) is 2.68. The molecule has 0 bridgehead atoms. The number of hydrogen-bond donors (Lipinski definition) is 2. The largest absolute Gasteiger partial charge is 0.460 e. The molecule has 0 aliphatic rings. The number of amides is 1. The zero-order valence-corrected chi connectivity index (χ0v) is 14.5. The molecule has 2 aromatic rings. The Morgan fingerprint density at radius 1 is 1.39 bits per heavy atom. The summed E-state index contributed by atoms with van der Waals surface area (Å²) in [6.07, 6.45) is 0.929. The van der Waals surface area contributed by atoms with Crippen molar-refractivity contribution >= 4 is 5.91 Å². The highest BCUT2D eigenvalue weighted by Crippen LogP contribution is 2.20. The van der Waals surface area contributed by atoms with Gasteiger partial charge in [-0.05, 0) is 45.5 Å². The number of furan rings is 1. The van der Waals surface area contributed by atoms with Crippen molar-refractivity contribution in [1.82, 2.24) is 20.4 Å². The molecule has 6 nitrogen and oxygen atoms in total. The van der Waals surface area contributed by atoms with Crippen LogP contribution in [0.2, 0.25) is 0 Å². The topological polar surface area (TPSA) is 74.2 Å². The van der Waals surface area contributed by atoms with E-state index in [1.54, 1.807) is 6.07 Å². The average Bonchev–Trinajstić information content (AvgIpc) is 3.05. The van der Waals surface area contributed by atoms with Crippen LogP contribution >= 0.6 is 0 Å². The summed E-state index contributed by atoms with van der Waals surface area (Å²) in [6.45, 7) is 6.99. The van der Waals surface area contributed by atoms with E-state index < -0.39 is 0 Å². The summed E-state index contributed by atoms with van der Waals surface area (Å²) in [5.74, 6) is 1.86. The number of hydrogen-bond acceptors (Lipinski definition) is 4. The predicted molar refractivity (Wildman–Crippen MR) is 90.3 cm³/mol. The number of aromatic amines is 1. The van der Waals surface area contributed by atoms with Crippen molar-refractivity contribution in [3.05, 3.63) is 29.7 Å². The zero-order chi connectivity index (χ0) is 17.0. The van der Waals surface area contributed by atoms with Gasteiger partial charge >= 0.3 is 0 Å². The monoisotopic (exact) mass is 318 g/mol. The number of H-pyrrole nitrogens is 1. The van der Waals surface area contributed by atoms with Crippen LogP contribution in [0.15, 0.2) is 22.6 Å². The first-order chi connectivity index (χ1) is 10.8. The van der Waals surface area contributed by atoms with Crippen molar-refractivity contribution in [2.24, 2.45) is 5.92 Å². The summed E-state index contributed by atoms with van der Waals surface area (Å²) in [5, 5.41) is 10.0. The molecular formula is C17H26N4O2. The van der Waals surface area contributed by atoms with Crippen LogP contribution < -0.4 is 5.32 Å². The maximum absolute atomic E-state index is 12.4. The quantitative estimate of drug-likeness (QED) is 0.823. The summed E-state index contributed by atoms with van der Waals surface area (Å²) in [7, 11) is 4.01. The SMILES string of the molecule is Cc1ccc(-c2cc(C(=O)NC(CC(C)C)CN(C)C)n[nH]2)o1. The highest BCUT2D eigenvalue weighted by atomic mass is 16.3. The van der Waals surface area contributed by atoms with E-state index in [0.717, 1.165) is 18.7 Å². The van der Waals surface area contributed by atoms with Gasteiger partial charge in [-0.3, -0.25) is 9.89 Å². The summed E-state index contributed by atoms with van der Waals surface area (Å²) in [4.78, 5) is 14.5. The fourth-order valence-corrected chi connectivity index (χ4v) is 2.59. The first-order valence-corrected chi connectivity index (χ1v) is 7.93. The smallest absolute Gasteiger partial charge is 0.272 e. The molecule has 0 spiro atoms. The number of carbonyl (C=O) groups excluding carboxylic acids is 1. The third kappa shape index (κ3) is 4.96. The highest BCUT2D eigenvalue weighted by molar-refractivity contribution is 5.93. The van der Waals surface area contributed by atoms with Gasteiger partial charge in [0.2, 0.25) is 0 Å². The zero-order valence-electron chi connectivity index (χ0n) is 14.5. The van der Waals surface area contributed by atoms with Gasteiger partial charge in [-0.1, -0.05) is 13.8 Å². The minimum atomic E-state index is -0.164. The number of rotatable bonds is 7. The van der Waals surface area contributed by atoms with Gasteiger partial charge < -0.3 is 14.6 Å². The first kappa shape index (κ1) is 17.3. The van der Waals surface area contributed by atoms with Crippen molar-refractivity contribution in [1.29, 1.82) is 0 Å². The lowest BCUT2D eigenvalue weighted by molar-refractivity contribution is 0.0919. The summed E-state index contributed by atoms with van der Waals surface area (Å²) in [6, 6.07) is 5.56. The number of carbonyl (C=O) groups is 1. The fourth-order valence-electron chi connectivity index (χ4n) is 2.59. The molecule has 0 aliphatic heterocycles. The van der Waals surface area contributed by atoms with Gasteiger partial charge in [-0.25, -0.2) is 0 Å². The number of aromatic nitrogens is 2. The number of nitrogens with zero attached hydrogens (tertiary/aromatic N) is 2. The standard InChI is InChI=1S/C17H26N4O2/c1-11(2)8-13(10-21(4)5)18-17(22)15-9-14(19-20-15)16-7-6-12(3)23-16/h6-7,9,11,13H,8,10H2,1-5H3,(H,18,22)(H,19,20). The van der Waals surface area contributed by atoms with Gasteiger partial charge in [0.15, 0.2) is 11.5 Å². The molecule has 23 heavy (non-hydrogen) atoms. The van der Waals surface area contributed by atoms with E-state index >= 15 is 0 Å². The van der Waals surface area contributed by atoms with Crippen molar-refractivity contribution in [2.45, 2.75) is 33.2 Å². The lowest BCUT2D eigenvalue weighted by Gasteiger charge is -2.23. The van der Waals surface area contributed by atoms with E-state index in [0.29, 0.717) is 23.1 Å². The van der Waals surface area contributed by atoms with E-state index in [-0.39, 0.29) is 11.9 Å². The van der Waals surface area contributed by atoms with E-state index in [9.17, 15) is 4.79 Å². The van der Waals surface area contributed by atoms with Crippen LogP contribution in [0.5, 0.6) is 0 Å². The Kier molecular flexibility index (Phi) is 5.60. The fraction of sp³-hybridized carbons (Fsp3) is 0.529. The van der Waals surface area contributed by atoms with Crippen molar-refractivity contribution in [2.75, 3.05) is 20.6 Å². The second-order valence-corrected chi connectivity index (χ2v) is 6.64. The normalized spacial score (nSPS) is 12.8. The van der Waals surface area contributed by atoms with Gasteiger partial charge in [0, 0.05) is 18.7 Å². The lowest BCUT2D eigenvalue weighted by atomic mass is 10.0. The lowest BCUT2D eigenvalue weighted by Crippen LogP contribution is -2.42. The Morgan fingerprint density at radius 3 is 2.70 bits per heavy atom. The van der Waals surface area contributed by atoms with Crippen LogP contribution in [0, 0.1) is 12.8 Å². The molecule has 2 aromatic heterocycles. The van der Waals surface area contributed by atoms with Crippen LogP contribution in [0.25, 0.3) is 11.5 Å². The summed E-state index contributed by atoms with van der Waals surface area (Å²) in [5.41, 5.74) is 1.08. The van der Waals surface area contributed by atoms with Crippen molar-refractivity contribution in [3.63, 3.8) is 0 Å². The molecule has 1 atom stereocenters. The second-order valence-electron chi connectivity index (χ2n) is 6.64. The molecule has 0 aromatic carbocycles. The van der Waals surface area contributed by atoms with Gasteiger partial charge in [0.25, 0.3) is 5.91 Å². The Labute approximate surface area is 137 Å². The minimum absolute atomic E-state index is 0.100.